The summed E-state index contributed by atoms with van der Waals surface area (Å²) in [4.78, 5) is 15.8. The summed E-state index contributed by atoms with van der Waals surface area (Å²) in [5, 5.41) is 3.98. The maximum absolute atomic E-state index is 12.6. The molecule has 29 heavy (non-hydrogen) atoms. The first kappa shape index (κ1) is 19.3. The predicted octanol–water partition coefficient (Wildman–Crippen LogP) is 2.21. The molecule has 1 fully saturated rings. The zero-order valence-corrected chi connectivity index (χ0v) is 16.4. The third-order valence-corrected chi connectivity index (χ3v) is 6.79. The van der Waals surface area contributed by atoms with Crippen LogP contribution in [0.25, 0.3) is 11.4 Å². The van der Waals surface area contributed by atoms with Crippen molar-refractivity contribution >= 4 is 15.9 Å². The number of carbonyl (C=O) groups excluding carboxylic acids is 1. The lowest BCUT2D eigenvalue weighted by Gasteiger charge is -2.15. The quantitative estimate of drug-likeness (QED) is 0.663. The van der Waals surface area contributed by atoms with Gasteiger partial charge in [-0.05, 0) is 54.8 Å². The van der Waals surface area contributed by atoms with Gasteiger partial charge in [0.05, 0.1) is 11.3 Å². The second-order valence-corrected chi connectivity index (χ2v) is 8.82. The highest BCUT2D eigenvalue weighted by molar-refractivity contribution is 7.89. The molecule has 0 aliphatic carbocycles. The number of nitrogens with two attached hydrogens (primary N) is 1. The van der Waals surface area contributed by atoms with Crippen molar-refractivity contribution in [1.82, 2.24) is 14.4 Å². The van der Waals surface area contributed by atoms with E-state index in [9.17, 15) is 13.2 Å². The van der Waals surface area contributed by atoms with Gasteiger partial charge in [-0.15, -0.1) is 0 Å². The van der Waals surface area contributed by atoms with E-state index < -0.39 is 15.9 Å². The molecular formula is C20H20N4O4S. The smallest absolute Gasteiger partial charge is 0.248 e. The van der Waals surface area contributed by atoms with Crippen molar-refractivity contribution in [2.75, 3.05) is 13.1 Å². The molecule has 0 atom stereocenters. The van der Waals surface area contributed by atoms with E-state index in [1.165, 1.54) is 4.31 Å². The molecule has 1 saturated heterocycles. The maximum atomic E-state index is 12.6. The second kappa shape index (κ2) is 7.76. The number of nitrogens with zero attached hydrogens (tertiary/aromatic N) is 3. The number of amides is 1. The Bertz CT molecular complexity index is 1120. The summed E-state index contributed by atoms with van der Waals surface area (Å²) in [5.74, 6) is 0.325. The summed E-state index contributed by atoms with van der Waals surface area (Å²) in [6.45, 7) is 1.14. The highest BCUT2D eigenvalue weighted by atomic mass is 32.2. The van der Waals surface area contributed by atoms with E-state index in [0.717, 1.165) is 18.4 Å². The van der Waals surface area contributed by atoms with Gasteiger partial charge in [-0.2, -0.15) is 9.29 Å². The monoisotopic (exact) mass is 412 g/mol. The van der Waals surface area contributed by atoms with Gasteiger partial charge in [-0.1, -0.05) is 17.3 Å². The molecule has 3 aromatic rings. The van der Waals surface area contributed by atoms with E-state index >= 15 is 0 Å². The van der Waals surface area contributed by atoms with Crippen LogP contribution in [0, 0.1) is 0 Å². The van der Waals surface area contributed by atoms with Gasteiger partial charge in [0.1, 0.15) is 0 Å². The molecule has 1 aliphatic heterocycles. The molecule has 150 valence electrons. The molecule has 9 heteroatoms. The van der Waals surface area contributed by atoms with Gasteiger partial charge in [-0.3, -0.25) is 4.79 Å². The fraction of sp³-hybridized carbons (Fsp3) is 0.250. The minimum Gasteiger partial charge on any atom is -0.366 e. The summed E-state index contributed by atoms with van der Waals surface area (Å²) < 4.78 is 32.0. The van der Waals surface area contributed by atoms with Gasteiger partial charge < -0.3 is 10.3 Å². The van der Waals surface area contributed by atoms with Crippen molar-refractivity contribution in [3.8, 4) is 11.4 Å². The van der Waals surface area contributed by atoms with Gasteiger partial charge in [0.2, 0.25) is 27.6 Å². The molecule has 1 aromatic heterocycles. The van der Waals surface area contributed by atoms with Crippen molar-refractivity contribution in [3.05, 3.63) is 65.5 Å². The molecule has 1 aliphatic rings. The highest BCUT2D eigenvalue weighted by Crippen LogP contribution is 2.24. The first-order chi connectivity index (χ1) is 13.9. The summed E-state index contributed by atoms with van der Waals surface area (Å²) in [7, 11) is -3.45. The Hall–Kier alpha value is -3.04. The van der Waals surface area contributed by atoms with E-state index in [-0.39, 0.29) is 4.90 Å². The average Bonchev–Trinajstić information content (AvgIpc) is 3.41. The molecule has 0 unspecified atom stereocenters. The molecule has 4 rings (SSSR count). The Morgan fingerprint density at radius 2 is 1.69 bits per heavy atom. The molecule has 0 saturated carbocycles. The van der Waals surface area contributed by atoms with Crippen LogP contribution in [-0.4, -0.2) is 41.9 Å². The number of hydrogen-bond donors (Lipinski definition) is 1. The van der Waals surface area contributed by atoms with E-state index in [4.69, 9.17) is 10.3 Å². The Morgan fingerprint density at radius 1 is 1.03 bits per heavy atom. The first-order valence-electron chi connectivity index (χ1n) is 9.25. The van der Waals surface area contributed by atoms with Gasteiger partial charge >= 0.3 is 0 Å². The third kappa shape index (κ3) is 4.06. The summed E-state index contributed by atoms with van der Waals surface area (Å²) >= 11 is 0. The lowest BCUT2D eigenvalue weighted by molar-refractivity contribution is 0.100. The van der Waals surface area contributed by atoms with Crippen LogP contribution in [0.5, 0.6) is 0 Å². The van der Waals surface area contributed by atoms with Crippen molar-refractivity contribution in [1.29, 1.82) is 0 Å². The number of primary amides is 1. The van der Waals surface area contributed by atoms with Gasteiger partial charge in [0.15, 0.2) is 0 Å². The zero-order chi connectivity index (χ0) is 20.4. The number of carbonyl (C=O) groups is 1. The highest BCUT2D eigenvalue weighted by Gasteiger charge is 2.27. The SMILES string of the molecule is NC(=O)c1ccc(Cc2nc(-c3ccc(S(=O)(=O)N4CCCC4)cc3)no2)cc1. The second-order valence-electron chi connectivity index (χ2n) is 6.89. The summed E-state index contributed by atoms with van der Waals surface area (Å²) in [6.07, 6.45) is 2.20. The average molecular weight is 412 g/mol. The number of aromatic nitrogens is 2. The topological polar surface area (TPSA) is 119 Å². The predicted molar refractivity (Wildman–Crippen MR) is 105 cm³/mol. The summed E-state index contributed by atoms with van der Waals surface area (Å²) in [5.41, 5.74) is 7.24. The van der Waals surface area contributed by atoms with Crippen molar-refractivity contribution in [2.45, 2.75) is 24.2 Å². The molecule has 1 amide bonds. The normalized spacial score (nSPS) is 14.9. The van der Waals surface area contributed by atoms with Crippen molar-refractivity contribution < 1.29 is 17.7 Å². The van der Waals surface area contributed by atoms with Gasteiger partial charge in [0, 0.05) is 24.2 Å². The number of rotatable bonds is 6. The third-order valence-electron chi connectivity index (χ3n) is 4.88. The zero-order valence-electron chi connectivity index (χ0n) is 15.6. The number of hydrogen-bond acceptors (Lipinski definition) is 6. The molecule has 2 N–H and O–H groups in total. The molecular weight excluding hydrogens is 392 g/mol. The van der Waals surface area contributed by atoms with E-state index in [1.807, 2.05) is 0 Å². The van der Waals surface area contributed by atoms with Crippen LogP contribution >= 0.6 is 0 Å². The lowest BCUT2D eigenvalue weighted by atomic mass is 10.1. The Balaban J connectivity index is 1.48. The Morgan fingerprint density at radius 3 is 2.31 bits per heavy atom. The minimum absolute atomic E-state index is 0.265. The van der Waals surface area contributed by atoms with E-state index in [2.05, 4.69) is 10.1 Å². The Kier molecular flexibility index (Phi) is 5.16. The van der Waals surface area contributed by atoms with Crippen LogP contribution in [0.2, 0.25) is 0 Å². The molecule has 0 spiro atoms. The fourth-order valence-electron chi connectivity index (χ4n) is 3.26. The number of sulfonamides is 1. The molecule has 0 radical (unpaired) electrons. The largest absolute Gasteiger partial charge is 0.366 e. The summed E-state index contributed by atoms with van der Waals surface area (Å²) in [6, 6.07) is 13.4. The van der Waals surface area contributed by atoms with Gasteiger partial charge in [-0.25, -0.2) is 8.42 Å². The van der Waals surface area contributed by atoms with Crippen molar-refractivity contribution in [3.63, 3.8) is 0 Å². The van der Waals surface area contributed by atoms with Crippen LogP contribution in [-0.2, 0) is 16.4 Å². The van der Waals surface area contributed by atoms with Crippen LogP contribution in [0.1, 0.15) is 34.7 Å². The van der Waals surface area contributed by atoms with Crippen LogP contribution in [0.4, 0.5) is 0 Å². The minimum atomic E-state index is -3.45. The van der Waals surface area contributed by atoms with Crippen molar-refractivity contribution in [2.24, 2.45) is 5.73 Å². The van der Waals surface area contributed by atoms with E-state index in [0.29, 0.717) is 42.4 Å². The number of benzene rings is 2. The first-order valence-corrected chi connectivity index (χ1v) is 10.7. The maximum Gasteiger partial charge on any atom is 0.248 e. The van der Waals surface area contributed by atoms with Gasteiger partial charge in [0.25, 0.3) is 0 Å². The lowest BCUT2D eigenvalue weighted by Crippen LogP contribution is -2.27. The Labute approximate surface area is 168 Å². The van der Waals surface area contributed by atoms with Crippen LogP contribution in [0.15, 0.2) is 57.9 Å². The van der Waals surface area contributed by atoms with Crippen LogP contribution < -0.4 is 5.73 Å². The molecule has 2 heterocycles. The fourth-order valence-corrected chi connectivity index (χ4v) is 4.78. The molecule has 8 nitrogen and oxygen atoms in total. The molecule has 2 aromatic carbocycles. The molecule has 0 bridgehead atoms. The standard InChI is InChI=1S/C20H20N4O4S/c21-19(25)15-5-3-14(4-6-15)13-18-22-20(23-28-18)16-7-9-17(10-8-16)29(26,27)24-11-1-2-12-24/h3-10H,1-2,11-13H2,(H2,21,25). The van der Waals surface area contributed by atoms with E-state index in [1.54, 1.807) is 48.5 Å². The van der Waals surface area contributed by atoms with Crippen LogP contribution in [0.3, 0.4) is 0 Å².